The minimum atomic E-state index is -0.183. The van der Waals surface area contributed by atoms with Crippen LogP contribution in [0.2, 0.25) is 5.02 Å². The Morgan fingerprint density at radius 2 is 1.67 bits per heavy atom. The van der Waals surface area contributed by atoms with Gasteiger partial charge in [-0.2, -0.15) is 9.78 Å². The lowest BCUT2D eigenvalue weighted by Gasteiger charge is -2.36. The van der Waals surface area contributed by atoms with Crippen LogP contribution in [0, 0.1) is 13.8 Å². The molecule has 7 nitrogen and oxygen atoms in total. The number of benzene rings is 3. The molecule has 2 amide bonds. The zero-order valence-electron chi connectivity index (χ0n) is 21.9. The van der Waals surface area contributed by atoms with Gasteiger partial charge >= 0.3 is 6.03 Å². The molecule has 1 aliphatic rings. The predicted molar refractivity (Wildman–Crippen MR) is 160 cm³/mol. The second-order valence-corrected chi connectivity index (χ2v) is 10.9. The van der Waals surface area contributed by atoms with Crippen molar-refractivity contribution < 1.29 is 4.79 Å². The number of rotatable bonds is 6. The molecule has 0 aliphatic carbocycles. The van der Waals surface area contributed by atoms with Gasteiger partial charge in [-0.3, -0.25) is 4.79 Å². The van der Waals surface area contributed by atoms with Crippen LogP contribution in [-0.4, -0.2) is 46.9 Å². The van der Waals surface area contributed by atoms with Gasteiger partial charge in [0.25, 0.3) is 5.56 Å². The Labute approximate surface area is 237 Å². The second kappa shape index (κ2) is 12.0. The molecule has 39 heavy (non-hydrogen) atoms. The maximum atomic E-state index is 13.7. The number of anilines is 2. The number of aryl methyl sites for hydroxylation is 2. The largest absolute Gasteiger partial charge is 0.366 e. The average Bonchev–Trinajstić information content (AvgIpc) is 2.95. The molecule has 0 saturated carbocycles. The molecular formula is C30H30ClN5O2S. The molecule has 9 heteroatoms. The Morgan fingerprint density at radius 1 is 0.949 bits per heavy atom. The number of urea groups is 1. The molecule has 3 aromatic carbocycles. The van der Waals surface area contributed by atoms with Crippen LogP contribution in [0.1, 0.15) is 16.7 Å². The molecule has 1 N–H and O–H groups in total. The molecule has 0 bridgehead atoms. The number of aromatic nitrogens is 2. The SMILES string of the molecule is Cc1ccc(CSc2c(N3CCN(C(=O)Nc4c(C)cccc4Cl)CC3)cnn(-c3ccccc3)c2=O)cc1. The fourth-order valence-corrected chi connectivity index (χ4v) is 5.82. The topological polar surface area (TPSA) is 70.5 Å². The highest BCUT2D eigenvalue weighted by molar-refractivity contribution is 7.98. The van der Waals surface area contributed by atoms with Gasteiger partial charge in [-0.05, 0) is 43.2 Å². The summed E-state index contributed by atoms with van der Waals surface area (Å²) < 4.78 is 1.45. The monoisotopic (exact) mass is 559 g/mol. The van der Waals surface area contributed by atoms with Gasteiger partial charge in [-0.15, -0.1) is 11.8 Å². The number of hydrogen-bond acceptors (Lipinski definition) is 5. The summed E-state index contributed by atoms with van der Waals surface area (Å²) in [6.07, 6.45) is 1.77. The Bertz CT molecular complexity index is 1500. The summed E-state index contributed by atoms with van der Waals surface area (Å²) in [6, 6.07) is 23.2. The normalized spacial score (nSPS) is 13.4. The molecule has 200 valence electrons. The first-order valence-electron chi connectivity index (χ1n) is 12.8. The van der Waals surface area contributed by atoms with Crippen LogP contribution < -0.4 is 15.8 Å². The number of nitrogens with one attached hydrogen (secondary N) is 1. The van der Waals surface area contributed by atoms with Gasteiger partial charge in [0, 0.05) is 31.9 Å². The molecule has 1 fully saturated rings. The molecule has 0 atom stereocenters. The molecule has 1 saturated heterocycles. The maximum Gasteiger partial charge on any atom is 0.322 e. The first kappa shape index (κ1) is 26.8. The zero-order chi connectivity index (χ0) is 27.4. The summed E-state index contributed by atoms with van der Waals surface area (Å²) in [5.41, 5.74) is 5.27. The number of thioether (sulfide) groups is 1. The number of para-hydroxylation sites is 2. The van der Waals surface area contributed by atoms with Crippen molar-refractivity contribution in [1.82, 2.24) is 14.7 Å². The van der Waals surface area contributed by atoms with E-state index in [9.17, 15) is 9.59 Å². The van der Waals surface area contributed by atoms with E-state index >= 15 is 0 Å². The average molecular weight is 560 g/mol. The number of piperazine rings is 1. The third-order valence-electron chi connectivity index (χ3n) is 6.78. The van der Waals surface area contributed by atoms with Crippen LogP contribution >= 0.6 is 23.4 Å². The number of hydrogen-bond donors (Lipinski definition) is 1. The molecule has 0 radical (unpaired) electrons. The fraction of sp³-hybridized carbons (Fsp3) is 0.233. The second-order valence-electron chi connectivity index (χ2n) is 9.52. The van der Waals surface area contributed by atoms with Gasteiger partial charge in [0.1, 0.15) is 4.90 Å². The minimum absolute atomic E-state index is 0.148. The van der Waals surface area contributed by atoms with Crippen molar-refractivity contribution in [3.63, 3.8) is 0 Å². The quantitative estimate of drug-likeness (QED) is 0.287. The lowest BCUT2D eigenvalue weighted by molar-refractivity contribution is 0.208. The Hall–Kier alpha value is -3.75. The Balaban J connectivity index is 1.36. The summed E-state index contributed by atoms with van der Waals surface area (Å²) in [6.45, 7) is 6.18. The van der Waals surface area contributed by atoms with Crippen LogP contribution in [0.4, 0.5) is 16.2 Å². The fourth-order valence-electron chi connectivity index (χ4n) is 4.51. The van der Waals surface area contributed by atoms with E-state index in [0.29, 0.717) is 47.5 Å². The maximum absolute atomic E-state index is 13.7. The first-order valence-corrected chi connectivity index (χ1v) is 14.2. The number of carbonyl (C=O) groups is 1. The van der Waals surface area contributed by atoms with Gasteiger partial charge in [0.15, 0.2) is 0 Å². The molecule has 1 aliphatic heterocycles. The number of nitrogens with zero attached hydrogens (tertiary/aromatic N) is 4. The highest BCUT2D eigenvalue weighted by atomic mass is 35.5. The third-order valence-corrected chi connectivity index (χ3v) is 8.25. The predicted octanol–water partition coefficient (Wildman–Crippen LogP) is 6.15. The molecular weight excluding hydrogens is 530 g/mol. The van der Waals surface area contributed by atoms with Crippen molar-refractivity contribution in [1.29, 1.82) is 0 Å². The molecule has 1 aromatic heterocycles. The summed E-state index contributed by atoms with van der Waals surface area (Å²) in [4.78, 5) is 31.3. The number of amides is 2. The summed E-state index contributed by atoms with van der Waals surface area (Å²) >= 11 is 7.83. The highest BCUT2D eigenvalue weighted by Gasteiger charge is 2.25. The molecule has 4 aromatic rings. The van der Waals surface area contributed by atoms with Gasteiger partial charge < -0.3 is 15.1 Å². The summed E-state index contributed by atoms with van der Waals surface area (Å²) in [7, 11) is 0. The Morgan fingerprint density at radius 3 is 2.36 bits per heavy atom. The van der Waals surface area contributed by atoms with Crippen LogP contribution in [0.3, 0.4) is 0 Å². The van der Waals surface area contributed by atoms with Crippen LogP contribution in [0.5, 0.6) is 0 Å². The van der Waals surface area contributed by atoms with E-state index in [2.05, 4.69) is 46.5 Å². The summed E-state index contributed by atoms with van der Waals surface area (Å²) in [5, 5.41) is 8.00. The van der Waals surface area contributed by atoms with Gasteiger partial charge in [-0.25, -0.2) is 4.79 Å². The van der Waals surface area contributed by atoms with E-state index < -0.39 is 0 Å². The lowest BCUT2D eigenvalue weighted by atomic mass is 10.2. The molecule has 5 rings (SSSR count). The highest BCUT2D eigenvalue weighted by Crippen LogP contribution is 2.31. The summed E-state index contributed by atoms with van der Waals surface area (Å²) in [5.74, 6) is 0.668. The third kappa shape index (κ3) is 6.13. The van der Waals surface area contributed by atoms with Crippen LogP contribution in [0.25, 0.3) is 5.69 Å². The molecule has 0 spiro atoms. The van der Waals surface area contributed by atoms with E-state index in [-0.39, 0.29) is 11.6 Å². The van der Waals surface area contributed by atoms with E-state index in [0.717, 1.165) is 22.5 Å². The first-order chi connectivity index (χ1) is 18.9. The lowest BCUT2D eigenvalue weighted by Crippen LogP contribution is -2.50. The van der Waals surface area contributed by atoms with Gasteiger partial charge in [0.05, 0.1) is 28.3 Å². The van der Waals surface area contributed by atoms with Crippen molar-refractivity contribution in [3.05, 3.63) is 111 Å². The van der Waals surface area contributed by atoms with E-state index in [1.165, 1.54) is 22.0 Å². The number of carbonyl (C=O) groups excluding carboxylic acids is 1. The van der Waals surface area contributed by atoms with Crippen LogP contribution in [0.15, 0.2) is 88.7 Å². The zero-order valence-corrected chi connectivity index (χ0v) is 23.5. The van der Waals surface area contributed by atoms with E-state index in [1.54, 1.807) is 17.2 Å². The molecule has 0 unspecified atom stereocenters. The Kier molecular flexibility index (Phi) is 8.24. The van der Waals surface area contributed by atoms with Crippen molar-refractivity contribution in [2.24, 2.45) is 0 Å². The smallest absolute Gasteiger partial charge is 0.322 e. The number of halogens is 1. The van der Waals surface area contributed by atoms with Crippen LogP contribution in [-0.2, 0) is 5.75 Å². The van der Waals surface area contributed by atoms with E-state index in [4.69, 9.17) is 11.6 Å². The van der Waals surface area contributed by atoms with Gasteiger partial charge in [0.2, 0.25) is 0 Å². The van der Waals surface area contributed by atoms with Crippen molar-refractivity contribution in [2.75, 3.05) is 36.4 Å². The van der Waals surface area contributed by atoms with Gasteiger partial charge in [-0.1, -0.05) is 71.8 Å². The van der Waals surface area contributed by atoms with Crippen molar-refractivity contribution >= 4 is 40.8 Å². The standard InChI is InChI=1S/C30H30ClN5O2S/c1-21-11-13-23(14-12-21)20-39-28-26(19-32-36(29(28)37)24-8-4-3-5-9-24)34-15-17-35(18-16-34)30(38)33-27-22(2)7-6-10-25(27)31/h3-14,19H,15-18,20H2,1-2H3,(H,33,38). The van der Waals surface area contributed by atoms with E-state index in [1.807, 2.05) is 49.4 Å². The van der Waals surface area contributed by atoms with Crippen molar-refractivity contribution in [3.8, 4) is 5.69 Å². The molecule has 2 heterocycles. The van der Waals surface area contributed by atoms with Crippen molar-refractivity contribution in [2.45, 2.75) is 24.5 Å². The minimum Gasteiger partial charge on any atom is -0.366 e.